The van der Waals surface area contributed by atoms with E-state index < -0.39 is 6.03 Å². The summed E-state index contributed by atoms with van der Waals surface area (Å²) in [5.41, 5.74) is 4.47. The number of carbonyl (C=O) groups is 1. The van der Waals surface area contributed by atoms with Gasteiger partial charge in [0.1, 0.15) is 17.9 Å². The molecule has 0 bridgehead atoms. The summed E-state index contributed by atoms with van der Waals surface area (Å²) < 4.78 is 21.2. The van der Waals surface area contributed by atoms with Crippen LogP contribution in [0.1, 0.15) is 22.5 Å². The Bertz CT molecular complexity index is 1320. The van der Waals surface area contributed by atoms with E-state index in [1.165, 1.54) is 12.4 Å². The van der Waals surface area contributed by atoms with Crippen molar-refractivity contribution in [2.24, 2.45) is 0 Å². The van der Waals surface area contributed by atoms with Crippen molar-refractivity contribution in [2.45, 2.75) is 27.7 Å². The van der Waals surface area contributed by atoms with Gasteiger partial charge in [0.2, 0.25) is 5.88 Å². The van der Waals surface area contributed by atoms with Crippen molar-refractivity contribution in [1.82, 2.24) is 19.7 Å². The second-order valence-corrected chi connectivity index (χ2v) is 7.59. The number of anilines is 2. The molecular formula is C24H23FN6O2. The topological polar surface area (TPSA) is 94.0 Å². The first-order valence-corrected chi connectivity index (χ1v) is 10.3. The zero-order valence-electron chi connectivity index (χ0n) is 18.7. The number of nitrogens with one attached hydrogen (secondary N) is 2. The van der Waals surface area contributed by atoms with Crippen LogP contribution in [0.5, 0.6) is 11.6 Å². The predicted octanol–water partition coefficient (Wildman–Crippen LogP) is 5.47. The number of amides is 2. The highest BCUT2D eigenvalue weighted by Gasteiger charge is 2.12. The van der Waals surface area contributed by atoms with Gasteiger partial charge in [-0.15, -0.1) is 0 Å². The van der Waals surface area contributed by atoms with Crippen molar-refractivity contribution in [3.63, 3.8) is 0 Å². The van der Waals surface area contributed by atoms with Gasteiger partial charge in [-0.3, -0.25) is 0 Å². The van der Waals surface area contributed by atoms with E-state index >= 15 is 0 Å². The van der Waals surface area contributed by atoms with Gasteiger partial charge < -0.3 is 15.4 Å². The summed E-state index contributed by atoms with van der Waals surface area (Å²) in [5.74, 6) is 1.13. The van der Waals surface area contributed by atoms with Gasteiger partial charge in [-0.05, 0) is 75.2 Å². The lowest BCUT2D eigenvalue weighted by molar-refractivity contribution is 0.262. The van der Waals surface area contributed by atoms with Gasteiger partial charge in [-0.25, -0.2) is 23.8 Å². The number of carbonyl (C=O) groups excluding carboxylic acids is 1. The molecule has 2 heterocycles. The molecular weight excluding hydrogens is 423 g/mol. The Balaban J connectivity index is 1.41. The molecule has 2 amide bonds. The van der Waals surface area contributed by atoms with Crippen molar-refractivity contribution >= 4 is 17.4 Å². The van der Waals surface area contributed by atoms with E-state index in [1.54, 1.807) is 54.1 Å². The van der Waals surface area contributed by atoms with Crippen LogP contribution in [-0.2, 0) is 0 Å². The van der Waals surface area contributed by atoms with E-state index in [2.05, 4.69) is 25.7 Å². The number of hydrogen-bond donors (Lipinski definition) is 2. The zero-order valence-corrected chi connectivity index (χ0v) is 18.7. The van der Waals surface area contributed by atoms with Gasteiger partial charge in [0.05, 0.1) is 5.69 Å². The summed E-state index contributed by atoms with van der Waals surface area (Å²) >= 11 is 0. The van der Waals surface area contributed by atoms with Gasteiger partial charge in [-0.1, -0.05) is 6.07 Å². The van der Waals surface area contributed by atoms with Gasteiger partial charge in [0.15, 0.2) is 5.82 Å². The molecule has 0 fully saturated rings. The number of halogens is 1. The Hall–Kier alpha value is -4.27. The van der Waals surface area contributed by atoms with Gasteiger partial charge in [0, 0.05) is 23.1 Å². The van der Waals surface area contributed by atoms with E-state index in [-0.39, 0.29) is 5.82 Å². The smallest absolute Gasteiger partial charge is 0.323 e. The summed E-state index contributed by atoms with van der Waals surface area (Å²) in [6.45, 7) is 7.61. The van der Waals surface area contributed by atoms with Crippen molar-refractivity contribution < 1.29 is 13.9 Å². The first kappa shape index (κ1) is 21.9. The third-order valence-corrected chi connectivity index (χ3v) is 5.26. The minimum atomic E-state index is -0.479. The van der Waals surface area contributed by atoms with E-state index in [1.807, 2.05) is 20.8 Å². The molecule has 168 valence electrons. The normalized spacial score (nSPS) is 10.7. The lowest BCUT2D eigenvalue weighted by Crippen LogP contribution is -2.19. The molecule has 2 N–H and O–H groups in total. The van der Waals surface area contributed by atoms with Crippen LogP contribution in [0.15, 0.2) is 54.9 Å². The van der Waals surface area contributed by atoms with Gasteiger partial charge in [0.25, 0.3) is 0 Å². The molecule has 0 saturated heterocycles. The second kappa shape index (κ2) is 9.07. The third-order valence-electron chi connectivity index (χ3n) is 5.26. The number of nitrogens with zero attached hydrogens (tertiary/aromatic N) is 4. The van der Waals surface area contributed by atoms with Crippen LogP contribution in [0.4, 0.5) is 20.6 Å². The Kier molecular flexibility index (Phi) is 6.03. The maximum absolute atomic E-state index is 13.6. The standard InChI is InChI=1S/C24H23FN6O2/c1-14-5-6-19(11-21(14)25)29-24(32)28-18-7-9-20(10-8-18)33-23-12-22(26-13-27-23)31-17(4)15(2)16(3)30-31/h5-13H,1-4H3,(H2,28,29,32). The Labute approximate surface area is 190 Å². The van der Waals surface area contributed by atoms with Crippen LogP contribution >= 0.6 is 0 Å². The van der Waals surface area contributed by atoms with Crippen LogP contribution in [0.2, 0.25) is 0 Å². The Morgan fingerprint density at radius 3 is 2.30 bits per heavy atom. The summed E-state index contributed by atoms with van der Waals surface area (Å²) in [4.78, 5) is 20.6. The van der Waals surface area contributed by atoms with Gasteiger partial charge in [-0.2, -0.15) is 5.10 Å². The molecule has 0 saturated carbocycles. The van der Waals surface area contributed by atoms with Crippen LogP contribution < -0.4 is 15.4 Å². The molecule has 0 spiro atoms. The third kappa shape index (κ3) is 4.98. The maximum atomic E-state index is 13.6. The molecule has 2 aromatic heterocycles. The van der Waals surface area contributed by atoms with Gasteiger partial charge >= 0.3 is 6.03 Å². The first-order chi connectivity index (χ1) is 15.8. The molecule has 4 aromatic rings. The molecule has 0 radical (unpaired) electrons. The van der Waals surface area contributed by atoms with Crippen LogP contribution in [0, 0.1) is 33.5 Å². The quantitative estimate of drug-likeness (QED) is 0.424. The molecule has 0 unspecified atom stereocenters. The largest absolute Gasteiger partial charge is 0.439 e. The Morgan fingerprint density at radius 2 is 1.64 bits per heavy atom. The number of urea groups is 1. The van der Waals surface area contributed by atoms with Crippen LogP contribution in [-0.4, -0.2) is 25.8 Å². The Morgan fingerprint density at radius 1 is 0.939 bits per heavy atom. The number of aryl methyl sites for hydroxylation is 2. The number of ether oxygens (including phenoxy) is 1. The van der Waals surface area contributed by atoms with Crippen molar-refractivity contribution in [3.05, 3.63) is 83.2 Å². The van der Waals surface area contributed by atoms with Crippen LogP contribution in [0.3, 0.4) is 0 Å². The molecule has 33 heavy (non-hydrogen) atoms. The minimum absolute atomic E-state index is 0.366. The lowest BCUT2D eigenvalue weighted by atomic mass is 10.2. The average molecular weight is 446 g/mol. The molecule has 0 aliphatic carbocycles. The zero-order chi connectivity index (χ0) is 23.5. The van der Waals surface area contributed by atoms with E-state index in [0.717, 1.165) is 17.0 Å². The predicted molar refractivity (Wildman–Crippen MR) is 124 cm³/mol. The highest BCUT2D eigenvalue weighted by atomic mass is 19.1. The van der Waals surface area contributed by atoms with Crippen molar-refractivity contribution in [2.75, 3.05) is 10.6 Å². The number of benzene rings is 2. The van der Waals surface area contributed by atoms with E-state index in [9.17, 15) is 9.18 Å². The molecule has 4 rings (SSSR count). The van der Waals surface area contributed by atoms with E-state index in [4.69, 9.17) is 4.74 Å². The average Bonchev–Trinajstić information content (AvgIpc) is 3.05. The van der Waals surface area contributed by atoms with Crippen LogP contribution in [0.25, 0.3) is 5.82 Å². The molecule has 0 aliphatic rings. The fraction of sp³-hybridized carbons (Fsp3) is 0.167. The van der Waals surface area contributed by atoms with Crippen molar-refractivity contribution in [1.29, 1.82) is 0 Å². The highest BCUT2D eigenvalue weighted by molar-refractivity contribution is 5.99. The summed E-state index contributed by atoms with van der Waals surface area (Å²) in [6.07, 6.45) is 1.42. The number of hydrogen-bond acceptors (Lipinski definition) is 5. The summed E-state index contributed by atoms with van der Waals surface area (Å²) in [7, 11) is 0. The summed E-state index contributed by atoms with van der Waals surface area (Å²) in [6, 6.07) is 12.5. The lowest BCUT2D eigenvalue weighted by Gasteiger charge is -2.10. The molecule has 8 nitrogen and oxygen atoms in total. The monoisotopic (exact) mass is 446 g/mol. The molecule has 9 heteroatoms. The molecule has 0 aliphatic heterocycles. The van der Waals surface area contributed by atoms with E-state index in [0.29, 0.717) is 34.4 Å². The summed E-state index contributed by atoms with van der Waals surface area (Å²) in [5, 5.41) is 9.80. The second-order valence-electron chi connectivity index (χ2n) is 7.59. The molecule has 0 atom stereocenters. The first-order valence-electron chi connectivity index (χ1n) is 10.3. The molecule has 2 aromatic carbocycles. The van der Waals surface area contributed by atoms with Crippen molar-refractivity contribution in [3.8, 4) is 17.4 Å². The fourth-order valence-electron chi connectivity index (χ4n) is 3.14. The maximum Gasteiger partial charge on any atom is 0.323 e. The fourth-order valence-corrected chi connectivity index (χ4v) is 3.14. The number of rotatable bonds is 5. The highest BCUT2D eigenvalue weighted by Crippen LogP contribution is 2.24. The number of aromatic nitrogens is 4. The SMILES string of the molecule is Cc1ccc(NC(=O)Nc2ccc(Oc3cc(-n4nc(C)c(C)c4C)ncn3)cc2)cc1F. The minimum Gasteiger partial charge on any atom is -0.439 e.